The Hall–Kier alpha value is -2.27. The van der Waals surface area contributed by atoms with Gasteiger partial charge in [0.25, 0.3) is 0 Å². The minimum absolute atomic E-state index is 0.135. The number of hydrogen-bond donors (Lipinski definition) is 1. The van der Waals surface area contributed by atoms with Gasteiger partial charge in [-0.25, -0.2) is 4.39 Å². The molecule has 1 amide bonds. The molecule has 0 aliphatic carbocycles. The highest BCUT2D eigenvalue weighted by atomic mass is 19.1. The predicted molar refractivity (Wildman–Crippen MR) is 95.4 cm³/mol. The van der Waals surface area contributed by atoms with Gasteiger partial charge in [0.15, 0.2) is 0 Å². The van der Waals surface area contributed by atoms with Gasteiger partial charge in [-0.2, -0.15) is 0 Å². The second-order valence-corrected chi connectivity index (χ2v) is 6.56. The Kier molecular flexibility index (Phi) is 6.12. The number of aromatic nitrogens is 1. The first kappa shape index (κ1) is 17.5. The van der Waals surface area contributed by atoms with Gasteiger partial charge in [0, 0.05) is 38.3 Å². The van der Waals surface area contributed by atoms with E-state index in [0.717, 1.165) is 38.0 Å². The van der Waals surface area contributed by atoms with Gasteiger partial charge < -0.3 is 10.2 Å². The molecule has 0 spiro atoms. The number of carbonyl (C=O) groups is 1. The molecule has 1 atom stereocenters. The number of piperidine rings is 1. The number of nitrogens with one attached hydrogen (secondary N) is 1. The lowest BCUT2D eigenvalue weighted by molar-refractivity contribution is -0.132. The van der Waals surface area contributed by atoms with Gasteiger partial charge in [0.1, 0.15) is 5.82 Å². The van der Waals surface area contributed by atoms with E-state index >= 15 is 0 Å². The molecule has 25 heavy (non-hydrogen) atoms. The molecule has 132 valence electrons. The van der Waals surface area contributed by atoms with E-state index < -0.39 is 0 Å². The van der Waals surface area contributed by atoms with E-state index in [4.69, 9.17) is 0 Å². The lowest BCUT2D eigenvalue weighted by Crippen LogP contribution is -2.47. The Bertz CT molecular complexity index is 692. The molecule has 1 saturated heterocycles. The first-order valence-electron chi connectivity index (χ1n) is 8.85. The van der Waals surface area contributed by atoms with Gasteiger partial charge >= 0.3 is 0 Å². The average molecular weight is 341 g/mol. The van der Waals surface area contributed by atoms with Crippen LogP contribution >= 0.6 is 0 Å². The minimum Gasteiger partial charge on any atom is -0.341 e. The quantitative estimate of drug-likeness (QED) is 0.879. The van der Waals surface area contributed by atoms with Crippen molar-refractivity contribution in [1.29, 1.82) is 0 Å². The Morgan fingerprint density at radius 3 is 2.88 bits per heavy atom. The van der Waals surface area contributed by atoms with Crippen LogP contribution in [-0.4, -0.2) is 34.9 Å². The fourth-order valence-corrected chi connectivity index (χ4v) is 3.23. The maximum absolute atomic E-state index is 13.2. The van der Waals surface area contributed by atoms with Crippen molar-refractivity contribution < 1.29 is 9.18 Å². The van der Waals surface area contributed by atoms with E-state index in [0.29, 0.717) is 18.9 Å². The highest BCUT2D eigenvalue weighted by Gasteiger charge is 2.23. The average Bonchev–Trinajstić information content (AvgIpc) is 2.65. The second kappa shape index (κ2) is 8.72. The zero-order valence-corrected chi connectivity index (χ0v) is 14.3. The van der Waals surface area contributed by atoms with Crippen molar-refractivity contribution >= 4 is 5.91 Å². The number of amides is 1. The second-order valence-electron chi connectivity index (χ2n) is 6.56. The number of pyridine rings is 1. The largest absolute Gasteiger partial charge is 0.341 e. The third-order valence-electron chi connectivity index (χ3n) is 4.60. The number of rotatable bonds is 6. The number of carbonyl (C=O) groups excluding carboxylic acids is 1. The van der Waals surface area contributed by atoms with Crippen molar-refractivity contribution in [2.45, 2.75) is 38.3 Å². The van der Waals surface area contributed by atoms with Crippen LogP contribution in [0.1, 0.15) is 30.4 Å². The topological polar surface area (TPSA) is 45.2 Å². The maximum atomic E-state index is 13.2. The monoisotopic (exact) mass is 341 g/mol. The molecule has 1 aromatic heterocycles. The highest BCUT2D eigenvalue weighted by molar-refractivity contribution is 5.76. The normalized spacial score (nSPS) is 17.5. The third-order valence-corrected chi connectivity index (χ3v) is 4.60. The summed E-state index contributed by atoms with van der Waals surface area (Å²) < 4.78 is 13.2. The smallest absolute Gasteiger partial charge is 0.222 e. The highest BCUT2D eigenvalue weighted by Crippen LogP contribution is 2.14. The van der Waals surface area contributed by atoms with Gasteiger partial charge in [-0.05, 0) is 36.5 Å². The Morgan fingerprint density at radius 1 is 1.24 bits per heavy atom. The van der Waals surface area contributed by atoms with Crippen molar-refractivity contribution in [3.8, 4) is 0 Å². The fourth-order valence-electron chi connectivity index (χ4n) is 3.23. The molecule has 0 radical (unpaired) electrons. The molecule has 1 N–H and O–H groups in total. The zero-order chi connectivity index (χ0) is 17.5. The summed E-state index contributed by atoms with van der Waals surface area (Å²) in [7, 11) is 0. The van der Waals surface area contributed by atoms with Crippen LogP contribution in [0.4, 0.5) is 4.39 Å². The van der Waals surface area contributed by atoms with E-state index in [9.17, 15) is 9.18 Å². The molecule has 1 aliphatic rings. The lowest BCUT2D eigenvalue weighted by atomic mass is 10.0. The van der Waals surface area contributed by atoms with Crippen LogP contribution in [0.25, 0.3) is 0 Å². The van der Waals surface area contributed by atoms with Gasteiger partial charge in [0.2, 0.25) is 5.91 Å². The fraction of sp³-hybridized carbons (Fsp3) is 0.400. The van der Waals surface area contributed by atoms with E-state index in [-0.39, 0.29) is 11.7 Å². The van der Waals surface area contributed by atoms with Crippen molar-refractivity contribution in [3.63, 3.8) is 0 Å². The maximum Gasteiger partial charge on any atom is 0.222 e. The summed E-state index contributed by atoms with van der Waals surface area (Å²) in [5.74, 6) is -0.219. The molecule has 2 aromatic rings. The molecule has 1 fully saturated rings. The molecule has 0 saturated carbocycles. The van der Waals surface area contributed by atoms with Gasteiger partial charge in [-0.1, -0.05) is 30.3 Å². The van der Waals surface area contributed by atoms with E-state index in [1.165, 1.54) is 17.8 Å². The predicted octanol–water partition coefficient (Wildman–Crippen LogP) is 2.93. The standard InChI is InChI=1S/C20H24FN3O/c21-18-11-17(12-22-14-18)8-9-20(25)24-10-4-7-19(15-24)23-13-16-5-2-1-3-6-16/h1-3,5-6,11-12,14,19,23H,4,7-10,13,15H2/t19-/m0/s1. The van der Waals surface area contributed by atoms with E-state index in [1.807, 2.05) is 23.1 Å². The molecular weight excluding hydrogens is 317 g/mol. The summed E-state index contributed by atoms with van der Waals surface area (Å²) >= 11 is 0. The van der Waals surface area contributed by atoms with Crippen LogP contribution in [-0.2, 0) is 17.8 Å². The molecule has 1 aliphatic heterocycles. The first-order chi connectivity index (χ1) is 12.2. The summed E-state index contributed by atoms with van der Waals surface area (Å²) in [5.41, 5.74) is 2.02. The van der Waals surface area contributed by atoms with Crippen LogP contribution in [0.15, 0.2) is 48.8 Å². The Labute approximate surface area is 148 Å². The van der Waals surface area contributed by atoms with Gasteiger partial charge in [-0.15, -0.1) is 0 Å². The summed E-state index contributed by atoms with van der Waals surface area (Å²) in [6.07, 6.45) is 5.83. The number of likely N-dealkylation sites (tertiary alicyclic amines) is 1. The molecule has 1 aromatic carbocycles. The van der Waals surface area contributed by atoms with Gasteiger partial charge in [0.05, 0.1) is 6.20 Å². The molecule has 4 nitrogen and oxygen atoms in total. The number of halogens is 1. The Morgan fingerprint density at radius 2 is 2.08 bits per heavy atom. The van der Waals surface area contributed by atoms with Crippen LogP contribution < -0.4 is 5.32 Å². The number of nitrogens with zero attached hydrogens (tertiary/aromatic N) is 2. The number of benzene rings is 1. The third kappa shape index (κ3) is 5.36. The van der Waals surface area contributed by atoms with Crippen LogP contribution in [0.5, 0.6) is 0 Å². The SMILES string of the molecule is O=C(CCc1cncc(F)c1)N1CCC[C@H](NCc2ccccc2)C1. The van der Waals surface area contributed by atoms with Crippen LogP contribution in [0.2, 0.25) is 0 Å². The van der Waals surface area contributed by atoms with Crippen molar-refractivity contribution in [3.05, 3.63) is 65.7 Å². The molecule has 0 bridgehead atoms. The van der Waals surface area contributed by atoms with Crippen molar-refractivity contribution in [2.75, 3.05) is 13.1 Å². The van der Waals surface area contributed by atoms with Crippen molar-refractivity contribution in [1.82, 2.24) is 15.2 Å². The van der Waals surface area contributed by atoms with E-state index in [1.54, 1.807) is 6.20 Å². The summed E-state index contributed by atoms with van der Waals surface area (Å²) in [6, 6.07) is 12.1. The Balaban J connectivity index is 1.46. The summed E-state index contributed by atoms with van der Waals surface area (Å²) in [4.78, 5) is 18.2. The zero-order valence-electron chi connectivity index (χ0n) is 14.3. The summed E-state index contributed by atoms with van der Waals surface area (Å²) in [6.45, 7) is 2.37. The molecule has 3 rings (SSSR count). The lowest BCUT2D eigenvalue weighted by Gasteiger charge is -2.33. The minimum atomic E-state index is -0.354. The molecular formula is C20H24FN3O. The number of hydrogen-bond acceptors (Lipinski definition) is 3. The summed E-state index contributed by atoms with van der Waals surface area (Å²) in [5, 5.41) is 3.55. The molecule has 0 unspecified atom stereocenters. The first-order valence-corrected chi connectivity index (χ1v) is 8.85. The number of aryl methyl sites for hydroxylation is 1. The van der Waals surface area contributed by atoms with Crippen LogP contribution in [0.3, 0.4) is 0 Å². The van der Waals surface area contributed by atoms with Gasteiger partial charge in [-0.3, -0.25) is 9.78 Å². The molecule has 5 heteroatoms. The van der Waals surface area contributed by atoms with Crippen molar-refractivity contribution in [2.24, 2.45) is 0 Å². The molecule has 2 heterocycles. The van der Waals surface area contributed by atoms with E-state index in [2.05, 4.69) is 22.4 Å². The van der Waals surface area contributed by atoms with Crippen LogP contribution in [0, 0.1) is 5.82 Å².